The maximum atomic E-state index is 12.3. The molecule has 0 aromatic carbocycles. The third kappa shape index (κ3) is 3.91. The number of carbonyl (C=O) groups is 1. The summed E-state index contributed by atoms with van der Waals surface area (Å²) in [4.78, 5) is 37.6. The van der Waals surface area contributed by atoms with Crippen molar-refractivity contribution in [1.82, 2.24) is 19.9 Å². The van der Waals surface area contributed by atoms with E-state index in [1.54, 1.807) is 0 Å². The lowest BCUT2D eigenvalue weighted by atomic mass is 10.1. The maximum Gasteiger partial charge on any atom is 0.348 e. The Kier molecular flexibility index (Phi) is 5.33. The Morgan fingerprint density at radius 1 is 1.50 bits per heavy atom. The first-order valence-corrected chi connectivity index (χ1v) is 9.23. The summed E-state index contributed by atoms with van der Waals surface area (Å²) in [7, 11) is 0. The van der Waals surface area contributed by atoms with Crippen LogP contribution < -0.4 is 5.32 Å². The summed E-state index contributed by atoms with van der Waals surface area (Å²) in [5.74, 6) is 0.436. The summed E-state index contributed by atoms with van der Waals surface area (Å²) in [6.07, 6.45) is 2.33. The number of rotatable bonds is 5. The molecule has 0 saturated heterocycles. The molecule has 1 aliphatic heterocycles. The van der Waals surface area contributed by atoms with Crippen LogP contribution in [0.15, 0.2) is 6.33 Å². The molecular weight excluding hydrogens is 380 g/mol. The lowest BCUT2D eigenvalue weighted by molar-refractivity contribution is -0.384. The number of carbonyl (C=O) groups excluding carboxylic acids is 1. The van der Waals surface area contributed by atoms with Gasteiger partial charge in [-0.25, -0.2) is 15.0 Å². The Balaban J connectivity index is 1.78. The van der Waals surface area contributed by atoms with Crippen LogP contribution in [0.2, 0.25) is 5.15 Å². The van der Waals surface area contributed by atoms with Gasteiger partial charge in [0.25, 0.3) is 0 Å². The Morgan fingerprint density at radius 2 is 2.27 bits per heavy atom. The lowest BCUT2D eigenvalue weighted by Gasteiger charge is -2.26. The molecule has 0 bridgehead atoms. The van der Waals surface area contributed by atoms with Gasteiger partial charge >= 0.3 is 5.69 Å². The minimum atomic E-state index is -0.634. The number of thiazole rings is 1. The summed E-state index contributed by atoms with van der Waals surface area (Å²) in [5, 5.41) is 14.3. The molecule has 2 aromatic rings. The van der Waals surface area contributed by atoms with E-state index in [-0.39, 0.29) is 16.9 Å². The number of nitrogens with one attached hydrogen (secondary N) is 1. The second kappa shape index (κ2) is 7.50. The van der Waals surface area contributed by atoms with Crippen LogP contribution in [-0.2, 0) is 17.8 Å². The zero-order chi connectivity index (χ0) is 18.8. The summed E-state index contributed by atoms with van der Waals surface area (Å²) >= 11 is 7.15. The quantitative estimate of drug-likeness (QED) is 0.469. The molecule has 2 aromatic heterocycles. The average molecular weight is 397 g/mol. The fourth-order valence-corrected chi connectivity index (χ4v) is 3.88. The number of aromatic nitrogens is 3. The number of nitrogens with zero attached hydrogens (tertiary/aromatic N) is 5. The number of hydrogen-bond donors (Lipinski definition) is 1. The van der Waals surface area contributed by atoms with E-state index in [1.807, 2.05) is 18.7 Å². The molecule has 0 atom stereocenters. The average Bonchev–Trinajstić information content (AvgIpc) is 2.95. The molecule has 0 radical (unpaired) electrons. The van der Waals surface area contributed by atoms with E-state index >= 15 is 0 Å². The van der Waals surface area contributed by atoms with Gasteiger partial charge in [0, 0.05) is 24.3 Å². The van der Waals surface area contributed by atoms with E-state index in [1.165, 1.54) is 11.3 Å². The third-order valence-electron chi connectivity index (χ3n) is 3.85. The van der Waals surface area contributed by atoms with E-state index < -0.39 is 10.6 Å². The first kappa shape index (κ1) is 18.5. The van der Waals surface area contributed by atoms with Crippen LogP contribution in [0.4, 0.5) is 16.6 Å². The van der Waals surface area contributed by atoms with Crippen molar-refractivity contribution >= 4 is 45.5 Å². The predicted octanol–water partition coefficient (Wildman–Crippen LogP) is 3.17. The molecule has 1 amide bonds. The highest BCUT2D eigenvalue weighted by Crippen LogP contribution is 2.34. The number of hydrogen-bond acceptors (Lipinski definition) is 8. The molecular formula is C15H17ClN6O3S. The fourth-order valence-electron chi connectivity index (χ4n) is 2.65. The molecule has 3 heterocycles. The van der Waals surface area contributed by atoms with Gasteiger partial charge < -0.3 is 10.2 Å². The van der Waals surface area contributed by atoms with Crippen molar-refractivity contribution in [2.75, 3.05) is 11.9 Å². The molecule has 11 heteroatoms. The lowest BCUT2D eigenvalue weighted by Crippen LogP contribution is -2.36. The molecule has 0 fully saturated rings. The van der Waals surface area contributed by atoms with Gasteiger partial charge in [0.05, 0.1) is 17.2 Å². The predicted molar refractivity (Wildman–Crippen MR) is 97.7 cm³/mol. The Hall–Kier alpha value is -2.33. The highest BCUT2D eigenvalue weighted by Gasteiger charge is 2.26. The van der Waals surface area contributed by atoms with Crippen molar-refractivity contribution in [3.8, 4) is 0 Å². The van der Waals surface area contributed by atoms with Crippen molar-refractivity contribution in [3.63, 3.8) is 0 Å². The van der Waals surface area contributed by atoms with Crippen molar-refractivity contribution in [1.29, 1.82) is 0 Å². The van der Waals surface area contributed by atoms with E-state index in [0.717, 1.165) is 16.9 Å². The summed E-state index contributed by atoms with van der Waals surface area (Å²) in [5.41, 5.74) is 0.505. The highest BCUT2D eigenvalue weighted by molar-refractivity contribution is 7.15. The standard InChI is InChI=1S/C15H17ClN6O3S/c1-8(2)5-11(23)21-4-3-9-10(6-21)26-15(19-9)20-14-12(22(24)25)13(16)17-7-18-14/h7-8H,3-6H2,1-2H3,(H,17,18,19,20). The zero-order valence-corrected chi connectivity index (χ0v) is 15.8. The smallest absolute Gasteiger partial charge is 0.337 e. The molecule has 0 unspecified atom stereocenters. The minimum Gasteiger partial charge on any atom is -0.337 e. The molecule has 26 heavy (non-hydrogen) atoms. The van der Waals surface area contributed by atoms with Gasteiger partial charge in [-0.3, -0.25) is 14.9 Å². The Labute approximate surface area is 158 Å². The highest BCUT2D eigenvalue weighted by atomic mass is 35.5. The van der Waals surface area contributed by atoms with Crippen LogP contribution in [0.25, 0.3) is 0 Å². The van der Waals surface area contributed by atoms with Crippen molar-refractivity contribution in [3.05, 3.63) is 32.2 Å². The van der Waals surface area contributed by atoms with Gasteiger partial charge in [0.1, 0.15) is 6.33 Å². The van der Waals surface area contributed by atoms with Crippen LogP contribution in [0.5, 0.6) is 0 Å². The van der Waals surface area contributed by atoms with Crippen LogP contribution in [0.3, 0.4) is 0 Å². The Bertz CT molecular complexity index is 856. The molecule has 3 rings (SSSR count). The largest absolute Gasteiger partial charge is 0.348 e. The van der Waals surface area contributed by atoms with E-state index in [2.05, 4.69) is 20.3 Å². The number of anilines is 2. The fraction of sp³-hybridized carbons (Fsp3) is 0.467. The van der Waals surface area contributed by atoms with Gasteiger partial charge in [-0.15, -0.1) is 0 Å². The van der Waals surface area contributed by atoms with E-state index in [0.29, 0.717) is 37.0 Å². The van der Waals surface area contributed by atoms with Crippen LogP contribution >= 0.6 is 22.9 Å². The number of amides is 1. The van der Waals surface area contributed by atoms with Crippen molar-refractivity contribution < 1.29 is 9.72 Å². The van der Waals surface area contributed by atoms with Gasteiger partial charge in [0.2, 0.25) is 16.9 Å². The molecule has 0 saturated carbocycles. The minimum absolute atomic E-state index is 0.00571. The third-order valence-corrected chi connectivity index (χ3v) is 5.13. The van der Waals surface area contributed by atoms with Crippen LogP contribution in [-0.4, -0.2) is 37.2 Å². The second-order valence-corrected chi connectivity index (χ2v) is 7.74. The maximum absolute atomic E-state index is 12.3. The van der Waals surface area contributed by atoms with Crippen molar-refractivity contribution in [2.24, 2.45) is 5.92 Å². The first-order valence-electron chi connectivity index (χ1n) is 8.03. The number of nitro groups is 1. The van der Waals surface area contributed by atoms with Crippen LogP contribution in [0, 0.1) is 16.0 Å². The Morgan fingerprint density at radius 3 is 2.96 bits per heavy atom. The van der Waals surface area contributed by atoms with Gasteiger partial charge in [-0.2, -0.15) is 0 Å². The van der Waals surface area contributed by atoms with Crippen molar-refractivity contribution in [2.45, 2.75) is 33.2 Å². The zero-order valence-electron chi connectivity index (χ0n) is 14.2. The van der Waals surface area contributed by atoms with Gasteiger partial charge in [-0.05, 0) is 5.92 Å². The van der Waals surface area contributed by atoms with Gasteiger partial charge in [-0.1, -0.05) is 36.8 Å². The van der Waals surface area contributed by atoms with E-state index in [9.17, 15) is 14.9 Å². The van der Waals surface area contributed by atoms with E-state index in [4.69, 9.17) is 11.6 Å². The number of fused-ring (bicyclic) bond motifs is 1. The molecule has 1 N–H and O–H groups in total. The van der Waals surface area contributed by atoms with Gasteiger partial charge in [0.15, 0.2) is 5.13 Å². The first-order chi connectivity index (χ1) is 12.3. The second-order valence-electron chi connectivity index (χ2n) is 6.30. The summed E-state index contributed by atoms with van der Waals surface area (Å²) in [6.45, 7) is 5.16. The summed E-state index contributed by atoms with van der Waals surface area (Å²) in [6, 6.07) is 0. The SMILES string of the molecule is CC(C)CC(=O)N1CCc2nc(Nc3ncnc(Cl)c3[N+](=O)[O-])sc2C1. The molecule has 9 nitrogen and oxygen atoms in total. The molecule has 1 aliphatic rings. The number of halogens is 1. The normalized spacial score (nSPS) is 13.6. The topological polar surface area (TPSA) is 114 Å². The monoisotopic (exact) mass is 396 g/mol. The molecule has 138 valence electrons. The molecule has 0 aliphatic carbocycles. The summed E-state index contributed by atoms with van der Waals surface area (Å²) < 4.78 is 0. The molecule has 0 spiro atoms. The van der Waals surface area contributed by atoms with Crippen LogP contribution in [0.1, 0.15) is 30.8 Å².